The van der Waals surface area contributed by atoms with Gasteiger partial charge in [0.25, 0.3) is 0 Å². The maximum Gasteiger partial charge on any atom is 0.191 e. The zero-order valence-electron chi connectivity index (χ0n) is 18.3. The highest BCUT2D eigenvalue weighted by atomic mass is 127. The molecule has 0 spiro atoms. The average molecular weight is 526 g/mol. The maximum atomic E-state index is 5.73. The highest BCUT2D eigenvalue weighted by molar-refractivity contribution is 14.0. The van der Waals surface area contributed by atoms with Gasteiger partial charge in [-0.2, -0.15) is 0 Å². The fourth-order valence-corrected chi connectivity index (χ4v) is 3.50. The summed E-state index contributed by atoms with van der Waals surface area (Å²) in [5.41, 5.74) is 2.60. The molecule has 0 amide bonds. The molecular weight excluding hydrogens is 491 g/mol. The number of benzene rings is 1. The minimum absolute atomic E-state index is 0. The van der Waals surface area contributed by atoms with Gasteiger partial charge >= 0.3 is 0 Å². The Morgan fingerprint density at radius 1 is 1.27 bits per heavy atom. The van der Waals surface area contributed by atoms with Crippen LogP contribution in [-0.4, -0.2) is 46.5 Å². The van der Waals surface area contributed by atoms with Crippen molar-refractivity contribution in [1.82, 2.24) is 25.4 Å². The molecule has 0 aliphatic carbocycles. The maximum absolute atomic E-state index is 5.73. The first-order valence-corrected chi connectivity index (χ1v) is 10.8. The number of rotatable bonds is 9. The van der Waals surface area contributed by atoms with E-state index in [1.807, 2.05) is 0 Å². The molecule has 1 aromatic heterocycles. The average Bonchev–Trinajstić information content (AvgIpc) is 3.43. The van der Waals surface area contributed by atoms with Crippen molar-refractivity contribution in [3.05, 3.63) is 47.5 Å². The van der Waals surface area contributed by atoms with Gasteiger partial charge in [0.15, 0.2) is 5.96 Å². The zero-order chi connectivity index (χ0) is 20.5. The molecule has 2 heterocycles. The van der Waals surface area contributed by atoms with Crippen LogP contribution < -0.4 is 10.6 Å². The molecule has 2 unspecified atom stereocenters. The van der Waals surface area contributed by atoms with E-state index in [0.717, 1.165) is 57.2 Å². The number of aromatic nitrogens is 3. The van der Waals surface area contributed by atoms with E-state index >= 15 is 0 Å². The first-order valence-electron chi connectivity index (χ1n) is 10.8. The second kappa shape index (κ2) is 12.9. The number of aliphatic imine (C=N–C) groups is 1. The molecule has 0 bridgehead atoms. The van der Waals surface area contributed by atoms with Crippen LogP contribution in [0, 0.1) is 0 Å². The van der Waals surface area contributed by atoms with E-state index in [4.69, 9.17) is 9.73 Å². The largest absolute Gasteiger partial charge is 0.376 e. The van der Waals surface area contributed by atoms with Crippen molar-refractivity contribution in [1.29, 1.82) is 0 Å². The van der Waals surface area contributed by atoms with E-state index in [9.17, 15) is 0 Å². The van der Waals surface area contributed by atoms with E-state index in [-0.39, 0.29) is 36.1 Å². The fourth-order valence-electron chi connectivity index (χ4n) is 3.50. The molecule has 0 saturated carbocycles. The van der Waals surface area contributed by atoms with Gasteiger partial charge in [-0.25, -0.2) is 0 Å². The lowest BCUT2D eigenvalue weighted by atomic mass is 10.1. The Labute approximate surface area is 197 Å². The highest BCUT2D eigenvalue weighted by Crippen LogP contribution is 2.14. The third-order valence-electron chi connectivity index (χ3n) is 5.38. The number of hydrogen-bond acceptors (Lipinski definition) is 4. The van der Waals surface area contributed by atoms with Gasteiger partial charge in [-0.05, 0) is 37.3 Å². The monoisotopic (exact) mass is 526 g/mol. The van der Waals surface area contributed by atoms with Crippen molar-refractivity contribution >= 4 is 29.9 Å². The molecule has 1 aliphatic rings. The molecule has 8 heteroatoms. The van der Waals surface area contributed by atoms with Gasteiger partial charge in [0, 0.05) is 26.1 Å². The molecule has 1 saturated heterocycles. The third-order valence-corrected chi connectivity index (χ3v) is 5.38. The number of nitrogens with one attached hydrogen (secondary N) is 2. The van der Waals surface area contributed by atoms with E-state index in [0.29, 0.717) is 6.54 Å². The van der Waals surface area contributed by atoms with Gasteiger partial charge < -0.3 is 19.9 Å². The van der Waals surface area contributed by atoms with Crippen molar-refractivity contribution in [2.75, 3.05) is 19.7 Å². The molecule has 3 rings (SSSR count). The molecular formula is C22H35IN6O. The lowest BCUT2D eigenvalue weighted by molar-refractivity contribution is 0.117. The summed E-state index contributed by atoms with van der Waals surface area (Å²) >= 11 is 0. The van der Waals surface area contributed by atoms with Crippen LogP contribution in [0.2, 0.25) is 0 Å². The quantitative estimate of drug-likeness (QED) is 0.297. The molecule has 1 aliphatic heterocycles. The SMILES string of the molecule is CCc1ccc(C(C)NC(=NCC2CCCO2)NCCn2cnnc2CC)cc1.I. The van der Waals surface area contributed by atoms with Gasteiger partial charge in [-0.3, -0.25) is 4.99 Å². The van der Waals surface area contributed by atoms with Gasteiger partial charge in [-0.15, -0.1) is 34.2 Å². The van der Waals surface area contributed by atoms with E-state index < -0.39 is 0 Å². The van der Waals surface area contributed by atoms with Gasteiger partial charge in [0.1, 0.15) is 12.2 Å². The summed E-state index contributed by atoms with van der Waals surface area (Å²) in [6.07, 6.45) is 6.17. The van der Waals surface area contributed by atoms with Crippen molar-refractivity contribution < 1.29 is 4.74 Å². The lowest BCUT2D eigenvalue weighted by Gasteiger charge is -2.20. The van der Waals surface area contributed by atoms with Crippen LogP contribution in [0.3, 0.4) is 0 Å². The van der Waals surface area contributed by atoms with Crippen LogP contribution in [-0.2, 0) is 24.1 Å². The standard InChI is InChI=1S/C22H34N6O.HI/c1-4-18-8-10-19(11-9-18)17(3)26-22(24-15-20-7-6-14-29-20)23-12-13-28-16-25-27-21(28)5-2;/h8-11,16-17,20H,4-7,12-15H2,1-3H3,(H2,23,24,26);1H. The molecule has 7 nitrogen and oxygen atoms in total. The Bertz CT molecular complexity index is 770. The number of guanidine groups is 1. The minimum atomic E-state index is 0. The van der Waals surface area contributed by atoms with E-state index in [1.54, 1.807) is 6.33 Å². The first kappa shape index (κ1) is 24.6. The smallest absolute Gasteiger partial charge is 0.191 e. The summed E-state index contributed by atoms with van der Waals surface area (Å²) in [5.74, 6) is 1.82. The predicted molar refractivity (Wildman–Crippen MR) is 131 cm³/mol. The number of nitrogens with zero attached hydrogens (tertiary/aromatic N) is 4. The number of ether oxygens (including phenoxy) is 1. The Balaban J connectivity index is 0.00000320. The Hall–Kier alpha value is -1.68. The van der Waals surface area contributed by atoms with Crippen molar-refractivity contribution in [2.45, 2.75) is 65.1 Å². The Kier molecular flexibility index (Phi) is 10.6. The normalized spacial score (nSPS) is 17.4. The first-order chi connectivity index (χ1) is 14.2. The topological polar surface area (TPSA) is 76.4 Å². The van der Waals surface area contributed by atoms with Gasteiger partial charge in [0.05, 0.1) is 18.7 Å². The summed E-state index contributed by atoms with van der Waals surface area (Å²) in [6, 6.07) is 8.95. The van der Waals surface area contributed by atoms with Crippen LogP contribution in [0.15, 0.2) is 35.6 Å². The van der Waals surface area contributed by atoms with Crippen molar-refractivity contribution in [2.24, 2.45) is 4.99 Å². The summed E-state index contributed by atoms with van der Waals surface area (Å²) in [7, 11) is 0. The molecule has 1 fully saturated rings. The predicted octanol–water partition coefficient (Wildman–Crippen LogP) is 3.50. The second-order valence-corrected chi connectivity index (χ2v) is 7.51. The van der Waals surface area contributed by atoms with Crippen LogP contribution >= 0.6 is 24.0 Å². The zero-order valence-corrected chi connectivity index (χ0v) is 20.6. The summed E-state index contributed by atoms with van der Waals surface area (Å²) in [4.78, 5) is 4.80. The molecule has 2 aromatic rings. The van der Waals surface area contributed by atoms with Crippen molar-refractivity contribution in [3.8, 4) is 0 Å². The lowest BCUT2D eigenvalue weighted by Crippen LogP contribution is -2.40. The Morgan fingerprint density at radius 3 is 2.73 bits per heavy atom. The van der Waals surface area contributed by atoms with Crippen LogP contribution in [0.25, 0.3) is 0 Å². The number of halogens is 1. The van der Waals surface area contributed by atoms with Gasteiger partial charge in [-0.1, -0.05) is 38.1 Å². The number of hydrogen-bond donors (Lipinski definition) is 2. The molecule has 2 atom stereocenters. The van der Waals surface area contributed by atoms with E-state index in [1.165, 1.54) is 11.1 Å². The van der Waals surface area contributed by atoms with Crippen LogP contribution in [0.4, 0.5) is 0 Å². The minimum Gasteiger partial charge on any atom is -0.376 e. The van der Waals surface area contributed by atoms with Crippen LogP contribution in [0.5, 0.6) is 0 Å². The van der Waals surface area contributed by atoms with Crippen LogP contribution in [0.1, 0.15) is 56.6 Å². The summed E-state index contributed by atoms with van der Waals surface area (Å²) in [5, 5.41) is 15.2. The molecule has 30 heavy (non-hydrogen) atoms. The molecule has 2 N–H and O–H groups in total. The second-order valence-electron chi connectivity index (χ2n) is 7.51. The Morgan fingerprint density at radius 2 is 2.07 bits per heavy atom. The highest BCUT2D eigenvalue weighted by Gasteiger charge is 2.16. The number of aryl methyl sites for hydroxylation is 2. The summed E-state index contributed by atoms with van der Waals surface area (Å²) in [6.45, 7) is 9.53. The van der Waals surface area contributed by atoms with Crippen molar-refractivity contribution in [3.63, 3.8) is 0 Å². The molecule has 0 radical (unpaired) electrons. The molecule has 1 aromatic carbocycles. The fraction of sp³-hybridized carbons (Fsp3) is 0.591. The van der Waals surface area contributed by atoms with E-state index in [2.05, 4.69) is 70.4 Å². The molecule has 166 valence electrons. The van der Waals surface area contributed by atoms with Gasteiger partial charge in [0.2, 0.25) is 0 Å². The third kappa shape index (κ3) is 7.23. The summed E-state index contributed by atoms with van der Waals surface area (Å²) < 4.78 is 7.81.